The van der Waals surface area contributed by atoms with Gasteiger partial charge < -0.3 is 4.98 Å². The molecule has 0 atom stereocenters. The topological polar surface area (TPSA) is 37.8 Å². The Bertz CT molecular complexity index is 479. The molecule has 1 N–H and O–H groups in total. The highest BCUT2D eigenvalue weighted by Crippen LogP contribution is 2.10. The molecule has 1 aromatic heterocycles. The molecule has 1 heterocycles. The number of aryl methyl sites for hydroxylation is 2. The molecule has 0 aliphatic carbocycles. The maximum atomic E-state index is 11.2. The van der Waals surface area contributed by atoms with E-state index < -0.39 is 0 Å². The number of aromatic nitrogens is 2. The highest BCUT2D eigenvalue weighted by atomic mass is 16.1. The number of H-pyrrole nitrogens is 1. The van der Waals surface area contributed by atoms with Crippen LogP contribution in [0.3, 0.4) is 0 Å². The Labute approximate surface area is 83.4 Å². The van der Waals surface area contributed by atoms with Crippen molar-refractivity contribution < 1.29 is 0 Å². The van der Waals surface area contributed by atoms with Crippen molar-refractivity contribution in [2.45, 2.75) is 20.8 Å². The minimum absolute atomic E-state index is 0.0596. The van der Waals surface area contributed by atoms with Crippen molar-refractivity contribution in [3.8, 4) is 0 Å². The number of rotatable bonds is 0. The molecule has 3 nitrogen and oxygen atoms in total. The molecule has 14 heavy (non-hydrogen) atoms. The lowest BCUT2D eigenvalue weighted by atomic mass is 10.2. The maximum absolute atomic E-state index is 11.2. The Balaban J connectivity index is 0.000000461. The monoisotopic (exact) mass is 192 g/mol. The van der Waals surface area contributed by atoms with E-state index in [0.29, 0.717) is 0 Å². The smallest absolute Gasteiger partial charge is 0.306 e. The number of hydrogen-bond donors (Lipinski definition) is 1. The molecule has 1 aromatic carbocycles. The quantitative estimate of drug-likeness (QED) is 0.682. The average Bonchev–Trinajstić information content (AvgIpc) is 2.48. The normalized spacial score (nSPS) is 9.71. The summed E-state index contributed by atoms with van der Waals surface area (Å²) in [6.45, 7) is 6.01. The summed E-state index contributed by atoms with van der Waals surface area (Å²) < 4.78 is 1.61. The molecule has 0 saturated heterocycles. The highest BCUT2D eigenvalue weighted by molar-refractivity contribution is 5.75. The zero-order chi connectivity index (χ0) is 10.7. The summed E-state index contributed by atoms with van der Waals surface area (Å²) >= 11 is 0. The molecule has 2 aromatic rings. The summed E-state index contributed by atoms with van der Waals surface area (Å²) in [6.07, 6.45) is 0. The molecule has 0 amide bonds. The van der Waals surface area contributed by atoms with Gasteiger partial charge in [0.15, 0.2) is 0 Å². The third kappa shape index (κ3) is 1.71. The average molecular weight is 192 g/mol. The predicted octanol–water partition coefficient (Wildman–Crippen LogP) is 2.20. The minimum atomic E-state index is -0.0596. The van der Waals surface area contributed by atoms with Crippen LogP contribution in [0.25, 0.3) is 11.0 Å². The van der Waals surface area contributed by atoms with Crippen molar-refractivity contribution in [3.63, 3.8) is 0 Å². The Morgan fingerprint density at radius 2 is 1.93 bits per heavy atom. The summed E-state index contributed by atoms with van der Waals surface area (Å²) in [5.41, 5.74) is 2.96. The second-order valence-electron chi connectivity index (χ2n) is 3.01. The molecule has 0 aliphatic heterocycles. The summed E-state index contributed by atoms with van der Waals surface area (Å²) in [7, 11) is 1.76. The van der Waals surface area contributed by atoms with Crippen LogP contribution in [0.15, 0.2) is 23.0 Å². The summed E-state index contributed by atoms with van der Waals surface area (Å²) in [5.74, 6) is 0. The molecule has 0 radical (unpaired) electrons. The second-order valence-corrected chi connectivity index (χ2v) is 3.01. The number of imidazole rings is 1. The highest BCUT2D eigenvalue weighted by Gasteiger charge is 2.00. The Hall–Kier alpha value is -1.51. The van der Waals surface area contributed by atoms with Gasteiger partial charge in [-0.3, -0.25) is 4.57 Å². The number of benzene rings is 1. The zero-order valence-corrected chi connectivity index (χ0v) is 9.09. The third-order valence-electron chi connectivity index (χ3n) is 2.06. The van der Waals surface area contributed by atoms with E-state index in [-0.39, 0.29) is 5.69 Å². The second kappa shape index (κ2) is 4.13. The molecule has 76 valence electrons. The molecule has 2 rings (SSSR count). The standard InChI is InChI=1S/C9H10N2O.C2H6/c1-6-3-4-7-8(5-6)11(2)9(12)10-7;1-2/h3-5H,1-2H3,(H,10,12);1-2H3. The lowest BCUT2D eigenvalue weighted by Crippen LogP contribution is -2.11. The summed E-state index contributed by atoms with van der Waals surface area (Å²) in [4.78, 5) is 13.9. The molecule has 0 fully saturated rings. The largest absolute Gasteiger partial charge is 0.326 e. The fourth-order valence-electron chi connectivity index (χ4n) is 1.33. The molecule has 0 bridgehead atoms. The zero-order valence-electron chi connectivity index (χ0n) is 9.09. The fraction of sp³-hybridized carbons (Fsp3) is 0.364. The van der Waals surface area contributed by atoms with E-state index in [0.717, 1.165) is 16.6 Å². The van der Waals surface area contributed by atoms with Crippen LogP contribution >= 0.6 is 0 Å². The van der Waals surface area contributed by atoms with Gasteiger partial charge in [0.2, 0.25) is 0 Å². The van der Waals surface area contributed by atoms with Gasteiger partial charge in [-0.1, -0.05) is 19.9 Å². The van der Waals surface area contributed by atoms with E-state index >= 15 is 0 Å². The maximum Gasteiger partial charge on any atom is 0.326 e. The van der Waals surface area contributed by atoms with E-state index in [9.17, 15) is 4.79 Å². The van der Waals surface area contributed by atoms with E-state index in [1.165, 1.54) is 0 Å². The van der Waals surface area contributed by atoms with Gasteiger partial charge in [0.1, 0.15) is 0 Å². The predicted molar refractivity (Wildman–Crippen MR) is 59.6 cm³/mol. The molecule has 0 aliphatic rings. The molecule has 0 spiro atoms. The van der Waals surface area contributed by atoms with Crippen molar-refractivity contribution in [2.75, 3.05) is 0 Å². The van der Waals surface area contributed by atoms with Crippen LogP contribution in [-0.2, 0) is 7.05 Å². The number of aromatic amines is 1. The number of hydrogen-bond acceptors (Lipinski definition) is 1. The van der Waals surface area contributed by atoms with E-state index in [4.69, 9.17) is 0 Å². The lowest BCUT2D eigenvalue weighted by Gasteiger charge is -1.94. The van der Waals surface area contributed by atoms with Gasteiger partial charge in [0.25, 0.3) is 0 Å². The van der Waals surface area contributed by atoms with Crippen LogP contribution in [0.1, 0.15) is 19.4 Å². The molecular formula is C11H16N2O. The number of nitrogens with one attached hydrogen (secondary N) is 1. The first-order chi connectivity index (χ1) is 6.68. The van der Waals surface area contributed by atoms with E-state index in [1.54, 1.807) is 11.6 Å². The van der Waals surface area contributed by atoms with Gasteiger partial charge in [-0.25, -0.2) is 4.79 Å². The van der Waals surface area contributed by atoms with Crippen molar-refractivity contribution in [2.24, 2.45) is 7.05 Å². The van der Waals surface area contributed by atoms with Gasteiger partial charge in [0, 0.05) is 7.05 Å². The summed E-state index contributed by atoms with van der Waals surface area (Å²) in [6, 6.07) is 5.90. The SMILES string of the molecule is CC.Cc1ccc2[nH]c(=O)n(C)c2c1. The molecule has 3 heteroatoms. The van der Waals surface area contributed by atoms with E-state index in [1.807, 2.05) is 39.0 Å². The van der Waals surface area contributed by atoms with Crippen molar-refractivity contribution in [1.82, 2.24) is 9.55 Å². The van der Waals surface area contributed by atoms with Gasteiger partial charge in [-0.05, 0) is 24.6 Å². The Morgan fingerprint density at radius 3 is 2.57 bits per heavy atom. The van der Waals surface area contributed by atoms with Crippen LogP contribution < -0.4 is 5.69 Å². The first-order valence-corrected chi connectivity index (χ1v) is 4.84. The van der Waals surface area contributed by atoms with Crippen LogP contribution in [0.4, 0.5) is 0 Å². The van der Waals surface area contributed by atoms with Crippen molar-refractivity contribution >= 4 is 11.0 Å². The van der Waals surface area contributed by atoms with Crippen LogP contribution in [-0.4, -0.2) is 9.55 Å². The third-order valence-corrected chi connectivity index (χ3v) is 2.06. The summed E-state index contributed by atoms with van der Waals surface area (Å²) in [5, 5.41) is 0. The van der Waals surface area contributed by atoms with Gasteiger partial charge in [-0.2, -0.15) is 0 Å². The Morgan fingerprint density at radius 1 is 1.29 bits per heavy atom. The Kier molecular flexibility index (Phi) is 3.12. The van der Waals surface area contributed by atoms with Crippen molar-refractivity contribution in [3.05, 3.63) is 34.2 Å². The molecular weight excluding hydrogens is 176 g/mol. The fourth-order valence-corrected chi connectivity index (χ4v) is 1.33. The first-order valence-electron chi connectivity index (χ1n) is 4.84. The minimum Gasteiger partial charge on any atom is -0.306 e. The molecule has 0 unspecified atom stereocenters. The van der Waals surface area contributed by atoms with E-state index in [2.05, 4.69) is 4.98 Å². The lowest BCUT2D eigenvalue weighted by molar-refractivity contribution is 0.891. The van der Waals surface area contributed by atoms with Crippen molar-refractivity contribution in [1.29, 1.82) is 0 Å². The van der Waals surface area contributed by atoms with Gasteiger partial charge >= 0.3 is 5.69 Å². The van der Waals surface area contributed by atoms with Crippen LogP contribution in [0.5, 0.6) is 0 Å². The van der Waals surface area contributed by atoms with Gasteiger partial charge in [-0.15, -0.1) is 0 Å². The van der Waals surface area contributed by atoms with Crippen LogP contribution in [0, 0.1) is 6.92 Å². The van der Waals surface area contributed by atoms with Gasteiger partial charge in [0.05, 0.1) is 11.0 Å². The number of fused-ring (bicyclic) bond motifs is 1. The first kappa shape index (κ1) is 10.6. The molecule has 0 saturated carbocycles. The van der Waals surface area contributed by atoms with Crippen LogP contribution in [0.2, 0.25) is 0 Å². The number of nitrogens with zero attached hydrogens (tertiary/aromatic N) is 1.